The molecule has 0 amide bonds. The number of nitrogens with one attached hydrogen (secondary N) is 1. The summed E-state index contributed by atoms with van der Waals surface area (Å²) in [4.78, 5) is 0. The summed E-state index contributed by atoms with van der Waals surface area (Å²) in [5, 5.41) is 7.57. The second-order valence-electron chi connectivity index (χ2n) is 3.47. The van der Waals surface area contributed by atoms with E-state index in [1.807, 2.05) is 31.8 Å². The molecule has 1 aromatic heterocycles. The van der Waals surface area contributed by atoms with Gasteiger partial charge in [-0.15, -0.1) is 0 Å². The molecule has 0 atom stereocenters. The SMILES string of the molecule is CC(=CCl)CNCc1cn(C)nc1C. The maximum atomic E-state index is 5.55. The lowest BCUT2D eigenvalue weighted by atomic mass is 10.2. The van der Waals surface area contributed by atoms with E-state index in [2.05, 4.69) is 10.4 Å². The van der Waals surface area contributed by atoms with Gasteiger partial charge in [-0.3, -0.25) is 4.68 Å². The number of halogens is 1. The van der Waals surface area contributed by atoms with Crippen molar-refractivity contribution in [2.45, 2.75) is 20.4 Å². The van der Waals surface area contributed by atoms with Crippen LogP contribution in [-0.2, 0) is 13.6 Å². The molecule has 1 rings (SSSR count). The molecule has 14 heavy (non-hydrogen) atoms. The Hall–Kier alpha value is -0.800. The molecule has 0 aromatic carbocycles. The largest absolute Gasteiger partial charge is 0.309 e. The van der Waals surface area contributed by atoms with Crippen molar-refractivity contribution in [1.29, 1.82) is 0 Å². The van der Waals surface area contributed by atoms with Crippen LogP contribution in [0, 0.1) is 6.92 Å². The molecule has 0 spiro atoms. The molecule has 0 saturated heterocycles. The van der Waals surface area contributed by atoms with E-state index in [1.165, 1.54) is 5.56 Å². The molecule has 0 unspecified atom stereocenters. The number of nitrogens with zero attached hydrogens (tertiary/aromatic N) is 2. The normalized spacial score (nSPS) is 12.1. The van der Waals surface area contributed by atoms with E-state index in [0.29, 0.717) is 0 Å². The van der Waals surface area contributed by atoms with Crippen LogP contribution in [0.15, 0.2) is 17.3 Å². The minimum Gasteiger partial charge on any atom is -0.309 e. The Labute approximate surface area is 89.8 Å². The first-order chi connectivity index (χ1) is 6.63. The summed E-state index contributed by atoms with van der Waals surface area (Å²) in [6.45, 7) is 5.66. The fourth-order valence-corrected chi connectivity index (χ4v) is 1.33. The molecule has 4 heteroatoms. The Morgan fingerprint density at radius 1 is 1.71 bits per heavy atom. The summed E-state index contributed by atoms with van der Waals surface area (Å²) in [6.07, 6.45) is 2.03. The average molecular weight is 214 g/mol. The van der Waals surface area contributed by atoms with Gasteiger partial charge in [0.15, 0.2) is 0 Å². The summed E-state index contributed by atoms with van der Waals surface area (Å²) < 4.78 is 1.83. The zero-order chi connectivity index (χ0) is 10.6. The first kappa shape index (κ1) is 11.3. The van der Waals surface area contributed by atoms with E-state index in [4.69, 9.17) is 11.6 Å². The average Bonchev–Trinajstić information content (AvgIpc) is 2.45. The number of hydrogen-bond donors (Lipinski definition) is 1. The Kier molecular flexibility index (Phi) is 4.17. The van der Waals surface area contributed by atoms with E-state index in [0.717, 1.165) is 24.4 Å². The smallest absolute Gasteiger partial charge is 0.0638 e. The van der Waals surface area contributed by atoms with E-state index in [9.17, 15) is 0 Å². The van der Waals surface area contributed by atoms with Gasteiger partial charge in [0, 0.05) is 37.4 Å². The number of rotatable bonds is 4. The maximum absolute atomic E-state index is 5.55. The third kappa shape index (κ3) is 3.16. The molecule has 0 saturated carbocycles. The van der Waals surface area contributed by atoms with Gasteiger partial charge in [-0.2, -0.15) is 5.10 Å². The van der Waals surface area contributed by atoms with Gasteiger partial charge in [0.25, 0.3) is 0 Å². The quantitative estimate of drug-likeness (QED) is 0.829. The highest BCUT2D eigenvalue weighted by molar-refractivity contribution is 6.25. The first-order valence-electron chi connectivity index (χ1n) is 4.59. The molecule has 0 aliphatic rings. The molecule has 1 N–H and O–H groups in total. The van der Waals surface area contributed by atoms with E-state index < -0.39 is 0 Å². The van der Waals surface area contributed by atoms with E-state index in [-0.39, 0.29) is 0 Å². The molecule has 0 aliphatic carbocycles. The minimum absolute atomic E-state index is 0.817. The zero-order valence-electron chi connectivity index (χ0n) is 8.84. The van der Waals surface area contributed by atoms with Gasteiger partial charge < -0.3 is 5.32 Å². The summed E-state index contributed by atoms with van der Waals surface area (Å²) in [6, 6.07) is 0. The first-order valence-corrected chi connectivity index (χ1v) is 5.03. The summed E-state index contributed by atoms with van der Waals surface area (Å²) in [7, 11) is 1.93. The number of aromatic nitrogens is 2. The molecular weight excluding hydrogens is 198 g/mol. The lowest BCUT2D eigenvalue weighted by Crippen LogP contribution is -2.15. The predicted octanol–water partition coefficient (Wildman–Crippen LogP) is 1.96. The Morgan fingerprint density at radius 2 is 2.43 bits per heavy atom. The molecule has 0 aliphatic heterocycles. The maximum Gasteiger partial charge on any atom is 0.0638 e. The lowest BCUT2D eigenvalue weighted by molar-refractivity contribution is 0.735. The lowest BCUT2D eigenvalue weighted by Gasteiger charge is -2.02. The summed E-state index contributed by atoms with van der Waals surface area (Å²) in [5.74, 6) is 0. The van der Waals surface area contributed by atoms with Crippen LogP contribution < -0.4 is 5.32 Å². The Morgan fingerprint density at radius 3 is 2.93 bits per heavy atom. The van der Waals surface area contributed by atoms with Crippen molar-refractivity contribution >= 4 is 11.6 Å². The van der Waals surface area contributed by atoms with Gasteiger partial charge in [0.05, 0.1) is 5.69 Å². The van der Waals surface area contributed by atoms with Crippen molar-refractivity contribution in [3.8, 4) is 0 Å². The molecule has 0 radical (unpaired) electrons. The van der Waals surface area contributed by atoms with Crippen LogP contribution in [0.5, 0.6) is 0 Å². The van der Waals surface area contributed by atoms with Gasteiger partial charge in [0.1, 0.15) is 0 Å². The van der Waals surface area contributed by atoms with Crippen molar-refractivity contribution in [3.63, 3.8) is 0 Å². The monoisotopic (exact) mass is 213 g/mol. The fourth-order valence-electron chi connectivity index (χ4n) is 1.26. The van der Waals surface area contributed by atoms with Gasteiger partial charge >= 0.3 is 0 Å². The second-order valence-corrected chi connectivity index (χ2v) is 3.69. The molecular formula is C10H16ClN3. The van der Waals surface area contributed by atoms with Crippen molar-refractivity contribution < 1.29 is 0 Å². The molecule has 0 fully saturated rings. The van der Waals surface area contributed by atoms with Crippen LogP contribution in [0.4, 0.5) is 0 Å². The van der Waals surface area contributed by atoms with Gasteiger partial charge in [-0.1, -0.05) is 11.6 Å². The predicted molar refractivity (Wildman–Crippen MR) is 59.3 cm³/mol. The van der Waals surface area contributed by atoms with Crippen LogP contribution in [0.1, 0.15) is 18.2 Å². The molecule has 1 heterocycles. The second kappa shape index (κ2) is 5.17. The van der Waals surface area contributed by atoms with Crippen LogP contribution in [-0.4, -0.2) is 16.3 Å². The van der Waals surface area contributed by atoms with Crippen LogP contribution >= 0.6 is 11.6 Å². The number of aryl methyl sites for hydroxylation is 2. The highest BCUT2D eigenvalue weighted by atomic mass is 35.5. The molecule has 1 aromatic rings. The standard InChI is InChI=1S/C10H16ClN3/c1-8(4-11)5-12-6-10-7-14(3)13-9(10)2/h4,7,12H,5-6H2,1-3H3. The van der Waals surface area contributed by atoms with E-state index >= 15 is 0 Å². The van der Waals surface area contributed by atoms with Crippen molar-refractivity contribution in [2.75, 3.05) is 6.54 Å². The summed E-state index contributed by atoms with van der Waals surface area (Å²) >= 11 is 5.55. The Balaban J connectivity index is 2.42. The van der Waals surface area contributed by atoms with Gasteiger partial charge in [0.2, 0.25) is 0 Å². The third-order valence-electron chi connectivity index (χ3n) is 2.02. The Bertz CT molecular complexity index is 328. The molecule has 78 valence electrons. The van der Waals surface area contributed by atoms with E-state index in [1.54, 1.807) is 5.54 Å². The zero-order valence-corrected chi connectivity index (χ0v) is 9.60. The fraction of sp³-hybridized carbons (Fsp3) is 0.500. The van der Waals surface area contributed by atoms with Crippen LogP contribution in [0.25, 0.3) is 0 Å². The van der Waals surface area contributed by atoms with Gasteiger partial charge in [-0.05, 0) is 19.4 Å². The van der Waals surface area contributed by atoms with Crippen molar-refractivity contribution in [3.05, 3.63) is 28.6 Å². The van der Waals surface area contributed by atoms with Crippen molar-refractivity contribution in [1.82, 2.24) is 15.1 Å². The third-order valence-corrected chi connectivity index (χ3v) is 2.39. The van der Waals surface area contributed by atoms with Crippen molar-refractivity contribution in [2.24, 2.45) is 7.05 Å². The van der Waals surface area contributed by atoms with Crippen LogP contribution in [0.3, 0.4) is 0 Å². The highest BCUT2D eigenvalue weighted by Crippen LogP contribution is 2.04. The topological polar surface area (TPSA) is 29.9 Å². The number of hydrogen-bond acceptors (Lipinski definition) is 2. The molecule has 0 bridgehead atoms. The summed E-state index contributed by atoms with van der Waals surface area (Å²) in [5.41, 5.74) is 5.04. The van der Waals surface area contributed by atoms with Gasteiger partial charge in [-0.25, -0.2) is 0 Å². The van der Waals surface area contributed by atoms with Crippen LogP contribution in [0.2, 0.25) is 0 Å². The minimum atomic E-state index is 0.817. The molecule has 3 nitrogen and oxygen atoms in total. The highest BCUT2D eigenvalue weighted by Gasteiger charge is 2.01.